The van der Waals surface area contributed by atoms with Crippen LogP contribution in [0.15, 0.2) is 12.7 Å². The summed E-state index contributed by atoms with van der Waals surface area (Å²) in [6.07, 6.45) is -1.93. The summed E-state index contributed by atoms with van der Waals surface area (Å²) in [7, 11) is -7.77. The van der Waals surface area contributed by atoms with Crippen LogP contribution in [0.4, 0.5) is 5.82 Å². The lowest BCUT2D eigenvalue weighted by molar-refractivity contribution is -0.165. The third-order valence-electron chi connectivity index (χ3n) is 3.61. The average Bonchev–Trinajstić information content (AvgIpc) is 3.14. The fourth-order valence-electron chi connectivity index (χ4n) is 2.62. The highest BCUT2D eigenvalue weighted by Gasteiger charge is 2.42. The second-order valence-electron chi connectivity index (χ2n) is 5.59. The molecule has 1 saturated heterocycles. The molecule has 1 aliphatic rings. The molecule has 0 amide bonds. The van der Waals surface area contributed by atoms with Gasteiger partial charge in [-0.1, -0.05) is 0 Å². The van der Waals surface area contributed by atoms with Crippen molar-refractivity contribution in [1.29, 1.82) is 0 Å². The van der Waals surface area contributed by atoms with Crippen molar-refractivity contribution < 1.29 is 42.7 Å². The van der Waals surface area contributed by atoms with Crippen LogP contribution in [-0.4, -0.2) is 64.9 Å². The van der Waals surface area contributed by atoms with Gasteiger partial charge in [0.15, 0.2) is 24.1 Å². The molecule has 3 rings (SSSR count). The first-order chi connectivity index (χ1) is 12.6. The fraction of sp³-hybridized carbons (Fsp3) is 0.545. The van der Waals surface area contributed by atoms with Crippen molar-refractivity contribution in [2.45, 2.75) is 25.0 Å². The van der Waals surface area contributed by atoms with Gasteiger partial charge in [0.05, 0.1) is 6.33 Å². The van der Waals surface area contributed by atoms with Gasteiger partial charge in [-0.05, 0) is 0 Å². The van der Waals surface area contributed by atoms with E-state index in [2.05, 4.69) is 24.8 Å². The van der Waals surface area contributed by atoms with Gasteiger partial charge in [0.25, 0.3) is 0 Å². The molecule has 0 radical (unpaired) electrons. The maximum absolute atomic E-state index is 11.2. The van der Waals surface area contributed by atoms with Crippen LogP contribution in [0.2, 0.25) is 0 Å². The Kier molecular flexibility index (Phi) is 5.64. The van der Waals surface area contributed by atoms with E-state index in [1.54, 1.807) is 7.05 Å². The number of phosphoric acid groups is 1. The van der Waals surface area contributed by atoms with Crippen molar-refractivity contribution in [2.24, 2.45) is 0 Å². The maximum Gasteiger partial charge on any atom is 0.470 e. The van der Waals surface area contributed by atoms with Crippen LogP contribution in [0.5, 0.6) is 0 Å². The molecule has 150 valence electrons. The number of nitrogens with one attached hydrogen (secondary N) is 1. The van der Waals surface area contributed by atoms with Crippen LogP contribution in [0.3, 0.4) is 0 Å². The minimum Gasteiger partial charge on any atom is -0.371 e. The molecular formula is C11H17N5O9P2. The van der Waals surface area contributed by atoms with E-state index in [4.69, 9.17) is 29.0 Å². The van der Waals surface area contributed by atoms with Crippen LogP contribution >= 0.6 is 15.4 Å². The van der Waals surface area contributed by atoms with E-state index >= 15 is 0 Å². The van der Waals surface area contributed by atoms with Crippen LogP contribution in [0.25, 0.3) is 11.2 Å². The van der Waals surface area contributed by atoms with Gasteiger partial charge in [0.2, 0.25) is 0 Å². The monoisotopic (exact) mass is 425 g/mol. The molecule has 14 nitrogen and oxygen atoms in total. The molecule has 3 heterocycles. The Bertz CT molecular complexity index is 911. The zero-order valence-electron chi connectivity index (χ0n) is 13.8. The van der Waals surface area contributed by atoms with Gasteiger partial charge in [-0.3, -0.25) is 13.7 Å². The SMILES string of the molecule is CNc1ncnc2c1ncn2[C@H]1C[C@H](OP(=O)(O)O)[C@@H](OCP(=O)(O)O)O1. The Hall–Kier alpha value is -1.47. The number of nitrogens with zero attached hydrogens (tertiary/aromatic N) is 4. The third-order valence-corrected chi connectivity index (χ3v) is 4.65. The first kappa shape index (κ1) is 20.3. The van der Waals surface area contributed by atoms with Crippen LogP contribution in [0.1, 0.15) is 12.6 Å². The van der Waals surface area contributed by atoms with Crippen molar-refractivity contribution in [3.63, 3.8) is 0 Å². The predicted octanol–water partition coefficient (Wildman–Crippen LogP) is -0.257. The quantitative estimate of drug-likeness (QED) is 0.364. The highest BCUT2D eigenvalue weighted by molar-refractivity contribution is 7.51. The number of imidazole rings is 1. The lowest BCUT2D eigenvalue weighted by atomic mass is 10.2. The summed E-state index contributed by atoms with van der Waals surface area (Å²) in [4.78, 5) is 48.3. The molecular weight excluding hydrogens is 408 g/mol. The Morgan fingerprint density at radius 3 is 2.67 bits per heavy atom. The second kappa shape index (κ2) is 7.51. The van der Waals surface area contributed by atoms with Crippen molar-refractivity contribution in [2.75, 3.05) is 18.7 Å². The largest absolute Gasteiger partial charge is 0.470 e. The van der Waals surface area contributed by atoms with E-state index in [0.29, 0.717) is 17.0 Å². The summed E-state index contributed by atoms with van der Waals surface area (Å²) in [6, 6.07) is 0. The zero-order valence-corrected chi connectivity index (χ0v) is 15.6. The first-order valence-electron chi connectivity index (χ1n) is 7.48. The van der Waals surface area contributed by atoms with Gasteiger partial charge in [0.1, 0.15) is 24.2 Å². The van der Waals surface area contributed by atoms with E-state index in [1.807, 2.05) is 0 Å². The number of hydrogen-bond donors (Lipinski definition) is 5. The lowest BCUT2D eigenvalue weighted by Gasteiger charge is -2.19. The Balaban J connectivity index is 1.86. The van der Waals surface area contributed by atoms with E-state index in [0.717, 1.165) is 0 Å². The fourth-order valence-corrected chi connectivity index (χ4v) is 3.50. The Morgan fingerprint density at radius 1 is 1.30 bits per heavy atom. The number of ether oxygens (including phenoxy) is 2. The maximum atomic E-state index is 11.2. The van der Waals surface area contributed by atoms with Crippen molar-refractivity contribution in [1.82, 2.24) is 19.5 Å². The van der Waals surface area contributed by atoms with Gasteiger partial charge in [-0.2, -0.15) is 0 Å². The van der Waals surface area contributed by atoms with Gasteiger partial charge >= 0.3 is 15.4 Å². The van der Waals surface area contributed by atoms with Crippen molar-refractivity contribution >= 4 is 32.4 Å². The number of fused-ring (bicyclic) bond motifs is 1. The minimum atomic E-state index is -4.90. The van der Waals surface area contributed by atoms with Crippen LogP contribution < -0.4 is 5.32 Å². The van der Waals surface area contributed by atoms with Crippen molar-refractivity contribution in [3.8, 4) is 0 Å². The van der Waals surface area contributed by atoms with E-state index in [1.165, 1.54) is 17.2 Å². The molecule has 0 saturated carbocycles. The number of anilines is 1. The standard InChI is InChI=1S/C11H17N5O9P2/c1-12-9-8-10(14-3-13-9)16(4-15-8)7-2-6(25-27(20,21)22)11(24-7)23-5-26(17,18)19/h3-4,6-7,11H,2,5H2,1H3,(H,12,13,14)(H2,17,18,19)(H2,20,21,22)/t6-,7+,11-/m0/s1. The number of phosphoric ester groups is 1. The van der Waals surface area contributed by atoms with Gasteiger partial charge in [-0.15, -0.1) is 0 Å². The van der Waals surface area contributed by atoms with Crippen molar-refractivity contribution in [3.05, 3.63) is 12.7 Å². The Labute approximate surface area is 151 Å². The highest BCUT2D eigenvalue weighted by atomic mass is 31.2. The topological polar surface area (TPSA) is 198 Å². The molecule has 1 aliphatic heterocycles. The molecule has 5 N–H and O–H groups in total. The summed E-state index contributed by atoms with van der Waals surface area (Å²) in [5.41, 5.74) is 0.820. The number of hydrogen-bond acceptors (Lipinski definition) is 9. The van der Waals surface area contributed by atoms with Crippen LogP contribution in [-0.2, 0) is 23.1 Å². The predicted molar refractivity (Wildman–Crippen MR) is 88.3 cm³/mol. The highest BCUT2D eigenvalue weighted by Crippen LogP contribution is 2.45. The number of aromatic nitrogens is 4. The van der Waals surface area contributed by atoms with Gasteiger partial charge in [-0.25, -0.2) is 19.5 Å². The summed E-state index contributed by atoms with van der Waals surface area (Å²) in [5, 5.41) is 2.85. The summed E-state index contributed by atoms with van der Waals surface area (Å²) in [6.45, 7) is 0. The van der Waals surface area contributed by atoms with Crippen LogP contribution in [0, 0.1) is 0 Å². The zero-order chi connectivity index (χ0) is 19.8. The molecule has 16 heteroatoms. The molecule has 1 fully saturated rings. The van der Waals surface area contributed by atoms with E-state index in [9.17, 15) is 9.13 Å². The molecule has 0 aromatic carbocycles. The van der Waals surface area contributed by atoms with Gasteiger partial charge in [0, 0.05) is 13.5 Å². The molecule has 3 atom stereocenters. The summed E-state index contributed by atoms with van der Waals surface area (Å²) < 4.78 is 38.9. The first-order valence-corrected chi connectivity index (χ1v) is 10.8. The molecule has 2 aromatic rings. The third kappa shape index (κ3) is 4.88. The molecule has 0 spiro atoms. The van der Waals surface area contributed by atoms with Gasteiger partial charge < -0.3 is 34.4 Å². The summed E-state index contributed by atoms with van der Waals surface area (Å²) in [5.74, 6) is 0.467. The Morgan fingerprint density at radius 2 is 2.04 bits per heavy atom. The molecule has 27 heavy (non-hydrogen) atoms. The molecule has 2 aromatic heterocycles. The second-order valence-corrected chi connectivity index (χ2v) is 8.37. The van der Waals surface area contributed by atoms with E-state index in [-0.39, 0.29) is 6.42 Å². The smallest absolute Gasteiger partial charge is 0.371 e. The average molecular weight is 425 g/mol. The summed E-state index contributed by atoms with van der Waals surface area (Å²) >= 11 is 0. The minimum absolute atomic E-state index is 0.0821. The number of rotatable bonds is 7. The lowest BCUT2D eigenvalue weighted by Crippen LogP contribution is -2.27. The molecule has 0 bridgehead atoms. The molecule has 0 aliphatic carbocycles. The molecule has 0 unspecified atom stereocenters. The normalized spacial score (nSPS) is 23.8. The van der Waals surface area contributed by atoms with E-state index < -0.39 is 40.4 Å².